The van der Waals surface area contributed by atoms with Crippen molar-refractivity contribution < 1.29 is 17.9 Å². The monoisotopic (exact) mass is 260 g/mol. The first-order chi connectivity index (χ1) is 8.45. The molecule has 1 N–H and O–H groups in total. The quantitative estimate of drug-likeness (QED) is 0.887. The zero-order valence-electron chi connectivity index (χ0n) is 10.00. The summed E-state index contributed by atoms with van der Waals surface area (Å²) in [5.74, 6) is 0.0335. The topological polar surface area (TPSA) is 34.1 Å². The fraction of sp³-hybridized carbons (Fsp3) is 0.583. The minimum absolute atomic E-state index is 0.0335. The predicted molar refractivity (Wildman–Crippen MR) is 60.4 cm³/mol. The van der Waals surface area contributed by atoms with E-state index in [0.717, 1.165) is 31.2 Å². The summed E-state index contributed by atoms with van der Waals surface area (Å²) in [6.07, 6.45) is -1.58. The van der Waals surface area contributed by atoms with Crippen LogP contribution in [0.2, 0.25) is 0 Å². The lowest BCUT2D eigenvalue weighted by molar-refractivity contribution is -0.137. The largest absolute Gasteiger partial charge is 0.473 e. The van der Waals surface area contributed by atoms with Gasteiger partial charge in [0.05, 0.1) is 5.56 Å². The van der Waals surface area contributed by atoms with Gasteiger partial charge in [0.2, 0.25) is 5.88 Å². The summed E-state index contributed by atoms with van der Waals surface area (Å²) in [5.41, 5.74) is -0.732. The molecule has 1 saturated heterocycles. The molecule has 0 bridgehead atoms. The van der Waals surface area contributed by atoms with Gasteiger partial charge in [-0.2, -0.15) is 13.2 Å². The van der Waals surface area contributed by atoms with Crippen molar-refractivity contribution in [3.8, 4) is 5.88 Å². The van der Waals surface area contributed by atoms with E-state index in [1.165, 1.54) is 0 Å². The molecule has 0 saturated carbocycles. The van der Waals surface area contributed by atoms with E-state index >= 15 is 0 Å². The van der Waals surface area contributed by atoms with Crippen molar-refractivity contribution in [1.29, 1.82) is 0 Å². The molecule has 2 heterocycles. The van der Waals surface area contributed by atoms with Gasteiger partial charge in [-0.3, -0.25) is 0 Å². The first-order valence-electron chi connectivity index (χ1n) is 5.88. The Hall–Kier alpha value is -1.30. The molecule has 0 radical (unpaired) electrons. The van der Waals surface area contributed by atoms with Gasteiger partial charge in [-0.15, -0.1) is 0 Å². The zero-order valence-corrected chi connectivity index (χ0v) is 10.00. The minimum atomic E-state index is -4.36. The van der Waals surface area contributed by atoms with Crippen LogP contribution in [0.15, 0.2) is 18.3 Å². The van der Waals surface area contributed by atoms with E-state index in [-0.39, 0.29) is 12.0 Å². The molecule has 100 valence electrons. The summed E-state index contributed by atoms with van der Waals surface area (Å²) in [5, 5.41) is 3.22. The summed E-state index contributed by atoms with van der Waals surface area (Å²) in [7, 11) is 0. The lowest BCUT2D eigenvalue weighted by Gasteiger charge is -2.27. The molecule has 1 aromatic rings. The second kappa shape index (κ2) is 5.14. The molecule has 2 atom stereocenters. The molecule has 18 heavy (non-hydrogen) atoms. The van der Waals surface area contributed by atoms with Crippen LogP contribution in [-0.4, -0.2) is 23.7 Å². The third-order valence-corrected chi connectivity index (χ3v) is 2.97. The number of alkyl halides is 3. The lowest BCUT2D eigenvalue weighted by atomic mass is 10.0. The summed E-state index contributed by atoms with van der Waals surface area (Å²) < 4.78 is 43.0. The van der Waals surface area contributed by atoms with Crippen LogP contribution in [0.25, 0.3) is 0 Å². The Morgan fingerprint density at radius 3 is 2.78 bits per heavy atom. The number of piperidine rings is 1. The molecule has 1 fully saturated rings. The summed E-state index contributed by atoms with van der Waals surface area (Å²) >= 11 is 0. The van der Waals surface area contributed by atoms with E-state index in [2.05, 4.69) is 17.2 Å². The van der Waals surface area contributed by atoms with Gasteiger partial charge in [0.25, 0.3) is 0 Å². The van der Waals surface area contributed by atoms with Crippen LogP contribution in [0, 0.1) is 0 Å². The number of aromatic nitrogens is 1. The van der Waals surface area contributed by atoms with Gasteiger partial charge in [0.15, 0.2) is 0 Å². The minimum Gasteiger partial charge on any atom is -0.473 e. The first-order valence-corrected chi connectivity index (χ1v) is 5.88. The molecule has 2 rings (SSSR count). The summed E-state index contributed by atoms with van der Waals surface area (Å²) in [4.78, 5) is 3.82. The predicted octanol–water partition coefficient (Wildman–Crippen LogP) is 2.62. The molecule has 0 aromatic carbocycles. The van der Waals surface area contributed by atoms with Gasteiger partial charge in [-0.05, 0) is 25.8 Å². The van der Waals surface area contributed by atoms with Gasteiger partial charge < -0.3 is 10.1 Å². The van der Waals surface area contributed by atoms with Crippen molar-refractivity contribution in [3.63, 3.8) is 0 Å². The van der Waals surface area contributed by atoms with Crippen LogP contribution in [-0.2, 0) is 6.18 Å². The molecule has 6 heteroatoms. The van der Waals surface area contributed by atoms with Gasteiger partial charge >= 0.3 is 6.18 Å². The number of hydrogen-bond acceptors (Lipinski definition) is 3. The standard InChI is InChI=1S/C12H15F3N2O/c1-8-2-3-10(7-17-8)18-11-6-9(4-5-16-11)12(13,14)15/h4-6,8,10,17H,2-3,7H2,1H3/t8-,10-/m1/s1. The van der Waals surface area contributed by atoms with Crippen LogP contribution < -0.4 is 10.1 Å². The molecular weight excluding hydrogens is 245 g/mol. The fourth-order valence-electron chi connectivity index (χ4n) is 1.89. The fourth-order valence-corrected chi connectivity index (χ4v) is 1.89. The maximum atomic E-state index is 12.5. The number of pyridine rings is 1. The maximum absolute atomic E-state index is 12.5. The highest BCUT2D eigenvalue weighted by molar-refractivity contribution is 5.23. The van der Waals surface area contributed by atoms with Gasteiger partial charge in [-0.1, -0.05) is 0 Å². The van der Waals surface area contributed by atoms with E-state index in [4.69, 9.17) is 4.74 Å². The number of rotatable bonds is 2. The number of hydrogen-bond donors (Lipinski definition) is 1. The Kier molecular flexibility index (Phi) is 3.75. The Morgan fingerprint density at radius 2 is 2.17 bits per heavy atom. The first kappa shape index (κ1) is 13.1. The van der Waals surface area contributed by atoms with Gasteiger partial charge in [0.1, 0.15) is 6.10 Å². The van der Waals surface area contributed by atoms with Gasteiger partial charge in [-0.25, -0.2) is 4.98 Å². The Bertz CT molecular complexity index is 401. The average Bonchev–Trinajstić information content (AvgIpc) is 2.31. The van der Waals surface area contributed by atoms with Crippen molar-refractivity contribution >= 4 is 0 Å². The number of halogens is 3. The SMILES string of the molecule is C[C@@H]1CC[C@@H](Oc2cc(C(F)(F)F)ccn2)CN1. The molecule has 0 spiro atoms. The van der Waals surface area contributed by atoms with Gasteiger partial charge in [0, 0.05) is 24.8 Å². The highest BCUT2D eigenvalue weighted by atomic mass is 19.4. The summed E-state index contributed by atoms with van der Waals surface area (Å²) in [6.45, 7) is 2.71. The van der Waals surface area contributed by atoms with Crippen LogP contribution in [0.4, 0.5) is 13.2 Å². The third-order valence-electron chi connectivity index (χ3n) is 2.97. The molecule has 3 nitrogen and oxygen atoms in total. The van der Waals surface area contributed by atoms with E-state index in [0.29, 0.717) is 12.6 Å². The highest BCUT2D eigenvalue weighted by Gasteiger charge is 2.31. The van der Waals surface area contributed by atoms with Crippen LogP contribution >= 0.6 is 0 Å². The zero-order chi connectivity index (χ0) is 13.2. The van der Waals surface area contributed by atoms with E-state index in [1.54, 1.807) is 0 Å². The normalized spacial score (nSPS) is 24.9. The summed E-state index contributed by atoms with van der Waals surface area (Å²) in [6, 6.07) is 2.31. The number of nitrogens with one attached hydrogen (secondary N) is 1. The lowest BCUT2D eigenvalue weighted by Crippen LogP contribution is -2.42. The van der Waals surface area contributed by atoms with E-state index < -0.39 is 11.7 Å². The van der Waals surface area contributed by atoms with E-state index in [9.17, 15) is 13.2 Å². The second-order valence-electron chi connectivity index (χ2n) is 4.51. The third kappa shape index (κ3) is 3.35. The molecule has 0 unspecified atom stereocenters. The average molecular weight is 260 g/mol. The van der Waals surface area contributed by atoms with Crippen molar-refractivity contribution in [1.82, 2.24) is 10.3 Å². The second-order valence-corrected chi connectivity index (χ2v) is 4.51. The molecule has 0 amide bonds. The van der Waals surface area contributed by atoms with Crippen molar-refractivity contribution in [2.24, 2.45) is 0 Å². The molecule has 1 aliphatic rings. The van der Waals surface area contributed by atoms with Crippen molar-refractivity contribution in [2.45, 2.75) is 38.1 Å². The molecule has 1 aliphatic heterocycles. The van der Waals surface area contributed by atoms with Crippen LogP contribution in [0.5, 0.6) is 5.88 Å². The number of ether oxygens (including phenoxy) is 1. The van der Waals surface area contributed by atoms with E-state index in [1.807, 2.05) is 0 Å². The number of nitrogens with zero attached hydrogens (tertiary/aromatic N) is 1. The van der Waals surface area contributed by atoms with Crippen molar-refractivity contribution in [3.05, 3.63) is 23.9 Å². The maximum Gasteiger partial charge on any atom is 0.416 e. The van der Waals surface area contributed by atoms with Crippen molar-refractivity contribution in [2.75, 3.05) is 6.54 Å². The Morgan fingerprint density at radius 1 is 1.39 bits per heavy atom. The Labute approximate surface area is 103 Å². The smallest absolute Gasteiger partial charge is 0.416 e. The molecule has 0 aliphatic carbocycles. The molecule has 1 aromatic heterocycles. The highest BCUT2D eigenvalue weighted by Crippen LogP contribution is 2.30. The van der Waals surface area contributed by atoms with Crippen LogP contribution in [0.1, 0.15) is 25.3 Å². The molecular formula is C12H15F3N2O. The van der Waals surface area contributed by atoms with Crippen LogP contribution in [0.3, 0.4) is 0 Å². The Balaban J connectivity index is 2.01.